The van der Waals surface area contributed by atoms with Gasteiger partial charge in [-0.2, -0.15) is 0 Å². The van der Waals surface area contributed by atoms with Gasteiger partial charge in [0.2, 0.25) is 0 Å². The van der Waals surface area contributed by atoms with Crippen LogP contribution in [-0.4, -0.2) is 25.3 Å². The van der Waals surface area contributed by atoms with Crippen LogP contribution in [-0.2, 0) is 14.3 Å². The number of fused-ring (bicyclic) bond motifs is 3. The topological polar surface area (TPSA) is 35.5 Å². The summed E-state index contributed by atoms with van der Waals surface area (Å²) >= 11 is 0. The first-order valence-corrected chi connectivity index (χ1v) is 7.54. The van der Waals surface area contributed by atoms with Crippen molar-refractivity contribution in [3.05, 3.63) is 12.7 Å². The fourth-order valence-corrected chi connectivity index (χ4v) is 4.51. The lowest BCUT2D eigenvalue weighted by molar-refractivity contribution is -0.193. The highest BCUT2D eigenvalue weighted by Crippen LogP contribution is 2.61. The monoisotopic (exact) mass is 280 g/mol. The van der Waals surface area contributed by atoms with Crippen LogP contribution in [0.5, 0.6) is 0 Å². The van der Waals surface area contributed by atoms with Crippen LogP contribution >= 0.6 is 0 Å². The lowest BCUT2D eigenvalue weighted by Crippen LogP contribution is -2.62. The van der Waals surface area contributed by atoms with Gasteiger partial charge in [-0.05, 0) is 32.1 Å². The number of methoxy groups -OCH3 is 1. The molecule has 0 amide bonds. The highest BCUT2D eigenvalue weighted by atomic mass is 16.7. The van der Waals surface area contributed by atoms with Gasteiger partial charge >= 0.3 is 0 Å². The smallest absolute Gasteiger partial charge is 0.147 e. The molecule has 3 aliphatic carbocycles. The lowest BCUT2D eigenvalue weighted by atomic mass is 9.44. The van der Waals surface area contributed by atoms with Gasteiger partial charge in [-0.1, -0.05) is 26.8 Å². The van der Waals surface area contributed by atoms with E-state index in [9.17, 15) is 4.79 Å². The van der Waals surface area contributed by atoms with Gasteiger partial charge in [0.15, 0.2) is 0 Å². The number of Topliss-reactive ketones (excluding diaryl/α,β-unsaturated/α-hetero) is 1. The van der Waals surface area contributed by atoms with Crippen molar-refractivity contribution in [2.75, 3.05) is 13.9 Å². The molecule has 3 rings (SSSR count). The summed E-state index contributed by atoms with van der Waals surface area (Å²) in [5, 5.41) is 0. The normalized spacial score (nSPS) is 38.5. The molecule has 0 aromatic rings. The van der Waals surface area contributed by atoms with Crippen molar-refractivity contribution in [1.29, 1.82) is 0 Å². The molecule has 0 N–H and O–H groups in total. The third-order valence-corrected chi connectivity index (χ3v) is 6.01. The van der Waals surface area contributed by atoms with E-state index in [0.29, 0.717) is 11.7 Å². The van der Waals surface area contributed by atoms with E-state index in [0.717, 1.165) is 19.3 Å². The lowest BCUT2D eigenvalue weighted by Gasteiger charge is -2.60. The molecule has 0 aliphatic heterocycles. The van der Waals surface area contributed by atoms with Crippen LogP contribution in [0.15, 0.2) is 12.7 Å². The first kappa shape index (κ1) is 15.7. The Hall–Kier alpha value is -0.670. The highest BCUT2D eigenvalue weighted by molar-refractivity contribution is 5.92. The van der Waals surface area contributed by atoms with Crippen LogP contribution in [0, 0.1) is 22.7 Å². The minimum atomic E-state index is -0.504. The third-order valence-electron chi connectivity index (χ3n) is 6.01. The van der Waals surface area contributed by atoms with E-state index in [-0.39, 0.29) is 23.5 Å². The maximum atomic E-state index is 13.0. The summed E-state index contributed by atoms with van der Waals surface area (Å²) in [4.78, 5) is 13.0. The van der Waals surface area contributed by atoms with Crippen molar-refractivity contribution in [3.63, 3.8) is 0 Å². The predicted octanol–water partition coefficient (Wildman–Crippen LogP) is 3.58. The van der Waals surface area contributed by atoms with Crippen LogP contribution < -0.4 is 0 Å². The molecule has 3 nitrogen and oxygen atoms in total. The number of hydrogen-bond donors (Lipinski definition) is 0. The molecule has 0 aromatic heterocycles. The molecular formula is C17H28O3. The minimum Gasteiger partial charge on any atom is -0.359 e. The second-order valence-corrected chi connectivity index (χ2v) is 7.43. The largest absolute Gasteiger partial charge is 0.359 e. The van der Waals surface area contributed by atoms with Gasteiger partial charge in [0.1, 0.15) is 12.6 Å². The van der Waals surface area contributed by atoms with Gasteiger partial charge in [0.25, 0.3) is 0 Å². The van der Waals surface area contributed by atoms with Crippen molar-refractivity contribution < 1.29 is 14.3 Å². The Bertz CT molecular complexity index is 414. The zero-order chi connectivity index (χ0) is 15.2. The second-order valence-electron chi connectivity index (χ2n) is 7.43. The molecule has 3 saturated carbocycles. The van der Waals surface area contributed by atoms with Gasteiger partial charge in [0.05, 0.1) is 5.60 Å². The molecule has 20 heavy (non-hydrogen) atoms. The first-order valence-electron chi connectivity index (χ1n) is 7.54. The summed E-state index contributed by atoms with van der Waals surface area (Å²) in [5.41, 5.74) is -1.02. The molecule has 0 aromatic carbocycles. The molecule has 2 bridgehead atoms. The SMILES string of the molecule is C=CC(C)(OCOC)C1CC2CCC1(C)C(=O)C2(C)C. The van der Waals surface area contributed by atoms with Gasteiger partial charge in [-0.3, -0.25) is 4.79 Å². The van der Waals surface area contributed by atoms with Crippen LogP contribution in [0.3, 0.4) is 0 Å². The quantitative estimate of drug-likeness (QED) is 0.570. The van der Waals surface area contributed by atoms with E-state index in [4.69, 9.17) is 9.47 Å². The van der Waals surface area contributed by atoms with Gasteiger partial charge in [0, 0.05) is 23.9 Å². The molecular weight excluding hydrogens is 252 g/mol. The van der Waals surface area contributed by atoms with E-state index in [1.807, 2.05) is 13.0 Å². The van der Waals surface area contributed by atoms with Crippen LogP contribution in [0.25, 0.3) is 0 Å². The van der Waals surface area contributed by atoms with Crippen LogP contribution in [0.4, 0.5) is 0 Å². The summed E-state index contributed by atoms with van der Waals surface area (Å²) < 4.78 is 11.0. The zero-order valence-corrected chi connectivity index (χ0v) is 13.5. The first-order chi connectivity index (χ1) is 9.22. The number of hydrogen-bond acceptors (Lipinski definition) is 3. The Balaban J connectivity index is 2.35. The minimum absolute atomic E-state index is 0.182. The molecule has 0 spiro atoms. The average Bonchev–Trinajstić information content (AvgIpc) is 2.42. The predicted molar refractivity (Wildman–Crippen MR) is 79.3 cm³/mol. The van der Waals surface area contributed by atoms with Crippen molar-refractivity contribution in [2.45, 2.75) is 52.6 Å². The Morgan fingerprint density at radius 3 is 2.65 bits per heavy atom. The maximum Gasteiger partial charge on any atom is 0.147 e. The molecule has 3 aliphatic rings. The fraction of sp³-hybridized carbons (Fsp3) is 0.824. The molecule has 0 heterocycles. The summed E-state index contributed by atoms with van der Waals surface area (Å²) in [7, 11) is 1.62. The highest BCUT2D eigenvalue weighted by Gasteiger charge is 2.62. The summed E-state index contributed by atoms with van der Waals surface area (Å²) in [5.74, 6) is 1.03. The van der Waals surface area contributed by atoms with Gasteiger partial charge in [-0.25, -0.2) is 0 Å². The van der Waals surface area contributed by atoms with E-state index < -0.39 is 5.60 Å². The number of ether oxygens (including phenoxy) is 2. The van der Waals surface area contributed by atoms with E-state index in [1.165, 1.54) is 0 Å². The van der Waals surface area contributed by atoms with Crippen molar-refractivity contribution in [1.82, 2.24) is 0 Å². The zero-order valence-electron chi connectivity index (χ0n) is 13.5. The Kier molecular flexibility index (Phi) is 3.89. The molecule has 3 heteroatoms. The van der Waals surface area contributed by atoms with Crippen LogP contribution in [0.2, 0.25) is 0 Å². The molecule has 0 radical (unpaired) electrons. The Labute approximate surface area is 122 Å². The van der Waals surface area contributed by atoms with Crippen molar-refractivity contribution in [2.24, 2.45) is 22.7 Å². The Morgan fingerprint density at radius 1 is 1.45 bits per heavy atom. The molecule has 3 fully saturated rings. The van der Waals surface area contributed by atoms with E-state index >= 15 is 0 Å². The second kappa shape index (κ2) is 4.96. The number of carbonyl (C=O) groups excluding carboxylic acids is 1. The summed E-state index contributed by atoms with van der Waals surface area (Å²) in [6, 6.07) is 0. The number of rotatable bonds is 5. The van der Waals surface area contributed by atoms with E-state index in [2.05, 4.69) is 27.4 Å². The fourth-order valence-electron chi connectivity index (χ4n) is 4.51. The number of ketones is 1. The maximum absolute atomic E-state index is 13.0. The molecule has 0 saturated heterocycles. The standard InChI is InChI=1S/C17H28O3/c1-7-17(5,20-11-19-6)13-10-12-8-9-16(13,4)14(18)15(12,2)3/h7,12-13H,1,8-11H2,2-6H3. The average molecular weight is 280 g/mol. The van der Waals surface area contributed by atoms with Crippen molar-refractivity contribution in [3.8, 4) is 0 Å². The van der Waals surface area contributed by atoms with Crippen LogP contribution in [0.1, 0.15) is 47.0 Å². The third kappa shape index (κ3) is 2.06. The molecule has 114 valence electrons. The van der Waals surface area contributed by atoms with E-state index in [1.54, 1.807) is 7.11 Å². The Morgan fingerprint density at radius 2 is 2.10 bits per heavy atom. The molecule has 4 unspecified atom stereocenters. The summed E-state index contributed by atoms with van der Waals surface area (Å²) in [6.45, 7) is 12.5. The number of carbonyl (C=O) groups is 1. The molecule has 4 atom stereocenters. The summed E-state index contributed by atoms with van der Waals surface area (Å²) in [6.07, 6.45) is 4.98. The van der Waals surface area contributed by atoms with Crippen molar-refractivity contribution >= 4 is 5.78 Å². The van der Waals surface area contributed by atoms with Gasteiger partial charge < -0.3 is 9.47 Å². The van der Waals surface area contributed by atoms with Gasteiger partial charge in [-0.15, -0.1) is 6.58 Å².